The minimum Gasteiger partial charge on any atom is -0.0622 e. The maximum absolute atomic E-state index is 2.59. The van der Waals surface area contributed by atoms with E-state index in [2.05, 4.69) is 6.92 Å². The van der Waals surface area contributed by atoms with Gasteiger partial charge in [0.2, 0.25) is 0 Å². The maximum Gasteiger partial charge on any atom is -0.0324 e. The summed E-state index contributed by atoms with van der Waals surface area (Å²) in [5.74, 6) is 7.86. The van der Waals surface area contributed by atoms with Crippen LogP contribution in [0.2, 0.25) is 0 Å². The highest BCUT2D eigenvalue weighted by atomic mass is 14.6. The van der Waals surface area contributed by atoms with E-state index in [0.29, 0.717) is 0 Å². The predicted molar refractivity (Wildman–Crippen MR) is 90.1 cm³/mol. The summed E-state index contributed by atoms with van der Waals surface area (Å²) in [4.78, 5) is 0. The van der Waals surface area contributed by atoms with Crippen LogP contribution in [-0.2, 0) is 0 Å². The SMILES string of the molecule is CC1CCC(CC2CCCCC2)C2C1CC1CCCCC12. The normalized spacial score (nSPS) is 47.9. The Morgan fingerprint density at radius 3 is 2.33 bits per heavy atom. The van der Waals surface area contributed by atoms with Crippen molar-refractivity contribution in [2.24, 2.45) is 41.4 Å². The molecule has 0 heterocycles. The summed E-state index contributed by atoms with van der Waals surface area (Å²) in [6.07, 6.45) is 20.4. The lowest BCUT2D eigenvalue weighted by Crippen LogP contribution is -2.35. The Hall–Kier alpha value is 0. The van der Waals surface area contributed by atoms with Gasteiger partial charge in [-0.2, -0.15) is 0 Å². The molecule has 6 unspecified atom stereocenters. The number of hydrogen-bond donors (Lipinski definition) is 0. The van der Waals surface area contributed by atoms with Crippen molar-refractivity contribution in [2.75, 3.05) is 0 Å². The molecule has 0 spiro atoms. The van der Waals surface area contributed by atoms with Gasteiger partial charge in [-0.3, -0.25) is 0 Å². The monoisotopic (exact) mass is 288 g/mol. The zero-order valence-corrected chi connectivity index (χ0v) is 14.2. The van der Waals surface area contributed by atoms with Crippen molar-refractivity contribution >= 4 is 0 Å². The van der Waals surface area contributed by atoms with E-state index in [4.69, 9.17) is 0 Å². The van der Waals surface area contributed by atoms with Gasteiger partial charge in [0.15, 0.2) is 0 Å². The molecule has 4 aliphatic rings. The van der Waals surface area contributed by atoms with Crippen LogP contribution in [0.4, 0.5) is 0 Å². The molecule has 4 fully saturated rings. The molecule has 0 aromatic carbocycles. The summed E-state index contributed by atoms with van der Waals surface area (Å²) < 4.78 is 0. The zero-order chi connectivity index (χ0) is 14.2. The maximum atomic E-state index is 2.59. The van der Waals surface area contributed by atoms with E-state index in [-0.39, 0.29) is 0 Å². The van der Waals surface area contributed by atoms with E-state index >= 15 is 0 Å². The van der Waals surface area contributed by atoms with Gasteiger partial charge in [-0.25, -0.2) is 0 Å². The summed E-state index contributed by atoms with van der Waals surface area (Å²) in [5, 5.41) is 0. The first-order chi connectivity index (χ1) is 10.3. The molecule has 0 aromatic heterocycles. The zero-order valence-electron chi connectivity index (χ0n) is 14.2. The van der Waals surface area contributed by atoms with Crippen molar-refractivity contribution in [2.45, 2.75) is 90.4 Å². The van der Waals surface area contributed by atoms with Gasteiger partial charge < -0.3 is 0 Å². The van der Waals surface area contributed by atoms with Gasteiger partial charge in [-0.15, -0.1) is 0 Å². The second kappa shape index (κ2) is 6.25. The van der Waals surface area contributed by atoms with Gasteiger partial charge in [0.05, 0.1) is 0 Å². The van der Waals surface area contributed by atoms with Crippen LogP contribution in [0.1, 0.15) is 90.4 Å². The van der Waals surface area contributed by atoms with Crippen LogP contribution in [0.25, 0.3) is 0 Å². The smallest absolute Gasteiger partial charge is 0.0324 e. The first-order valence-corrected chi connectivity index (χ1v) is 10.3. The summed E-state index contributed by atoms with van der Waals surface area (Å²) >= 11 is 0. The molecule has 4 saturated carbocycles. The van der Waals surface area contributed by atoms with Crippen molar-refractivity contribution in [3.8, 4) is 0 Å². The second-order valence-electron chi connectivity index (χ2n) is 9.24. The first-order valence-electron chi connectivity index (χ1n) is 10.3. The fourth-order valence-electron chi connectivity index (χ4n) is 7.18. The van der Waals surface area contributed by atoms with Crippen molar-refractivity contribution in [3.63, 3.8) is 0 Å². The Labute approximate surface area is 132 Å². The van der Waals surface area contributed by atoms with Crippen molar-refractivity contribution < 1.29 is 0 Å². The molecule has 0 radical (unpaired) electrons. The highest BCUT2D eigenvalue weighted by Gasteiger charge is 2.50. The lowest BCUT2D eigenvalue weighted by atomic mass is 9.62. The highest BCUT2D eigenvalue weighted by Crippen LogP contribution is 2.59. The van der Waals surface area contributed by atoms with E-state index in [1.54, 1.807) is 64.2 Å². The van der Waals surface area contributed by atoms with Crippen LogP contribution in [0, 0.1) is 41.4 Å². The van der Waals surface area contributed by atoms with Crippen LogP contribution in [-0.4, -0.2) is 0 Å². The van der Waals surface area contributed by atoms with Crippen molar-refractivity contribution in [3.05, 3.63) is 0 Å². The molecule has 4 rings (SSSR count). The molecule has 0 saturated heterocycles. The molecule has 21 heavy (non-hydrogen) atoms. The number of rotatable bonds is 2. The lowest BCUT2D eigenvalue weighted by Gasteiger charge is -2.43. The molecule has 0 heteroatoms. The number of hydrogen-bond acceptors (Lipinski definition) is 0. The third-order valence-corrected chi connectivity index (χ3v) is 8.16. The first kappa shape index (κ1) is 14.6. The van der Waals surface area contributed by atoms with Crippen molar-refractivity contribution in [1.29, 1.82) is 0 Å². The van der Waals surface area contributed by atoms with Crippen LogP contribution in [0.15, 0.2) is 0 Å². The van der Waals surface area contributed by atoms with E-state index in [1.807, 2.05) is 0 Å². The summed E-state index contributed by atoms with van der Waals surface area (Å²) in [7, 11) is 0. The molecule has 0 bridgehead atoms. The van der Waals surface area contributed by atoms with Crippen LogP contribution < -0.4 is 0 Å². The Morgan fingerprint density at radius 2 is 1.48 bits per heavy atom. The average molecular weight is 289 g/mol. The molecule has 0 amide bonds. The molecule has 0 nitrogen and oxygen atoms in total. The third-order valence-electron chi connectivity index (χ3n) is 8.16. The van der Waals surface area contributed by atoms with Gasteiger partial charge >= 0.3 is 0 Å². The van der Waals surface area contributed by atoms with Gasteiger partial charge in [-0.05, 0) is 67.1 Å². The molecular weight excluding hydrogens is 252 g/mol. The van der Waals surface area contributed by atoms with E-state index in [9.17, 15) is 0 Å². The minimum absolute atomic E-state index is 1.04. The summed E-state index contributed by atoms with van der Waals surface area (Å²) in [5.41, 5.74) is 0. The predicted octanol–water partition coefficient (Wildman–Crippen LogP) is 6.45. The van der Waals surface area contributed by atoms with Gasteiger partial charge in [0, 0.05) is 0 Å². The topological polar surface area (TPSA) is 0 Å². The number of fused-ring (bicyclic) bond motifs is 3. The molecule has 6 atom stereocenters. The molecule has 0 aromatic rings. The van der Waals surface area contributed by atoms with Gasteiger partial charge in [0.1, 0.15) is 0 Å². The van der Waals surface area contributed by atoms with Crippen LogP contribution >= 0.6 is 0 Å². The highest BCUT2D eigenvalue weighted by molar-refractivity contribution is 4.99. The standard InChI is InChI=1S/C21H36/c1-15-11-12-18(13-16-7-3-2-4-8-16)21-19-10-6-5-9-17(19)14-20(15)21/h15-21H,2-14H2,1H3. The lowest BCUT2D eigenvalue weighted by molar-refractivity contribution is 0.0622. The fourth-order valence-corrected chi connectivity index (χ4v) is 7.18. The van der Waals surface area contributed by atoms with Crippen LogP contribution in [0.3, 0.4) is 0 Å². The Balaban J connectivity index is 1.48. The fraction of sp³-hybridized carbons (Fsp3) is 1.00. The van der Waals surface area contributed by atoms with E-state index < -0.39 is 0 Å². The average Bonchev–Trinajstić information content (AvgIpc) is 2.92. The summed E-state index contributed by atoms with van der Waals surface area (Å²) in [6.45, 7) is 2.59. The molecule has 0 N–H and O–H groups in total. The quantitative estimate of drug-likeness (QED) is 0.548. The molecule has 120 valence electrons. The third kappa shape index (κ3) is 2.81. The largest absolute Gasteiger partial charge is 0.0622 e. The molecular formula is C21H36. The van der Waals surface area contributed by atoms with Gasteiger partial charge in [-0.1, -0.05) is 64.7 Å². The van der Waals surface area contributed by atoms with E-state index in [1.165, 1.54) is 19.3 Å². The van der Waals surface area contributed by atoms with Crippen LogP contribution in [0.5, 0.6) is 0 Å². The molecule has 0 aliphatic heterocycles. The Bertz CT molecular complexity index is 338. The summed E-state index contributed by atoms with van der Waals surface area (Å²) in [6, 6.07) is 0. The second-order valence-corrected chi connectivity index (χ2v) is 9.24. The minimum atomic E-state index is 1.04. The van der Waals surface area contributed by atoms with Crippen molar-refractivity contribution in [1.82, 2.24) is 0 Å². The molecule has 4 aliphatic carbocycles. The van der Waals surface area contributed by atoms with Gasteiger partial charge in [0.25, 0.3) is 0 Å². The Kier molecular flexibility index (Phi) is 4.34. The van der Waals surface area contributed by atoms with E-state index in [0.717, 1.165) is 41.4 Å². The Morgan fingerprint density at radius 1 is 0.714 bits per heavy atom.